The summed E-state index contributed by atoms with van der Waals surface area (Å²) >= 11 is 0. The van der Waals surface area contributed by atoms with Crippen LogP contribution in [0.3, 0.4) is 0 Å². The maximum atomic E-state index is 5.09. The molecule has 0 bridgehead atoms. The smallest absolute Gasteiger partial charge is 0.294 e. The number of hydrogen-bond donors (Lipinski definition) is 1. The summed E-state index contributed by atoms with van der Waals surface area (Å²) in [5.41, 5.74) is 0. The summed E-state index contributed by atoms with van der Waals surface area (Å²) in [7, 11) is 0. The van der Waals surface area contributed by atoms with Crippen LogP contribution in [0.1, 0.15) is 33.1 Å². The second kappa shape index (κ2) is 4.80. The van der Waals surface area contributed by atoms with Crippen LogP contribution in [-0.2, 0) is 0 Å². The second-order valence-electron chi connectivity index (χ2n) is 2.88. The molecule has 0 amide bonds. The van der Waals surface area contributed by atoms with Gasteiger partial charge in [-0.05, 0) is 12.8 Å². The molecule has 1 N–H and O–H groups in total. The average Bonchev–Trinajstić information content (AvgIpc) is 2.56. The Bertz CT molecular complexity index is 196. The quantitative estimate of drug-likeness (QED) is 0.734. The van der Waals surface area contributed by atoms with Crippen LogP contribution in [0.5, 0.6) is 0 Å². The van der Waals surface area contributed by atoms with E-state index < -0.39 is 0 Å². The summed E-state index contributed by atoms with van der Waals surface area (Å²) in [4.78, 5) is 4.01. The summed E-state index contributed by atoms with van der Waals surface area (Å²) in [6, 6.07) is 1.13. The van der Waals surface area contributed by atoms with Crippen molar-refractivity contribution in [3.63, 3.8) is 0 Å². The van der Waals surface area contributed by atoms with Gasteiger partial charge in [-0.2, -0.15) is 0 Å². The Labute approximate surface area is 73.2 Å². The van der Waals surface area contributed by atoms with E-state index in [0.29, 0.717) is 12.1 Å². The van der Waals surface area contributed by atoms with Crippen molar-refractivity contribution >= 4 is 6.01 Å². The standard InChI is InChI=1S/C9H16N2O/c1-3-5-8(4-2)11-9-10-6-7-12-9/h6-8H,3-5H2,1-2H3,(H,10,11). The molecule has 1 heterocycles. The predicted octanol–water partition coefficient (Wildman–Crippen LogP) is 2.67. The third kappa shape index (κ3) is 2.57. The van der Waals surface area contributed by atoms with Crippen LogP contribution >= 0.6 is 0 Å². The van der Waals surface area contributed by atoms with Gasteiger partial charge in [0.1, 0.15) is 6.26 Å². The monoisotopic (exact) mass is 168 g/mol. The van der Waals surface area contributed by atoms with Crippen molar-refractivity contribution in [1.29, 1.82) is 0 Å². The number of anilines is 1. The van der Waals surface area contributed by atoms with Gasteiger partial charge >= 0.3 is 0 Å². The van der Waals surface area contributed by atoms with E-state index in [2.05, 4.69) is 24.1 Å². The molecule has 1 atom stereocenters. The lowest BCUT2D eigenvalue weighted by Gasteiger charge is -2.13. The average molecular weight is 168 g/mol. The van der Waals surface area contributed by atoms with Crippen molar-refractivity contribution in [3.05, 3.63) is 12.5 Å². The van der Waals surface area contributed by atoms with Gasteiger partial charge in [0.05, 0.1) is 6.20 Å². The van der Waals surface area contributed by atoms with Gasteiger partial charge in [-0.15, -0.1) is 0 Å². The molecule has 1 unspecified atom stereocenters. The molecule has 0 saturated carbocycles. The molecule has 12 heavy (non-hydrogen) atoms. The van der Waals surface area contributed by atoms with E-state index in [9.17, 15) is 0 Å². The third-order valence-electron chi connectivity index (χ3n) is 1.89. The molecule has 0 aromatic carbocycles. The zero-order valence-corrected chi connectivity index (χ0v) is 7.71. The zero-order valence-electron chi connectivity index (χ0n) is 7.71. The fraction of sp³-hybridized carbons (Fsp3) is 0.667. The highest BCUT2D eigenvalue weighted by Crippen LogP contribution is 2.09. The van der Waals surface area contributed by atoms with Crippen molar-refractivity contribution < 1.29 is 4.42 Å². The maximum absolute atomic E-state index is 5.09. The van der Waals surface area contributed by atoms with Crippen LogP contribution in [0.25, 0.3) is 0 Å². The van der Waals surface area contributed by atoms with Crippen molar-refractivity contribution in [1.82, 2.24) is 4.98 Å². The number of rotatable bonds is 5. The van der Waals surface area contributed by atoms with Crippen molar-refractivity contribution in [2.24, 2.45) is 0 Å². The molecule has 1 rings (SSSR count). The number of oxazole rings is 1. The maximum Gasteiger partial charge on any atom is 0.294 e. The van der Waals surface area contributed by atoms with E-state index in [-0.39, 0.29) is 0 Å². The Kier molecular flexibility index (Phi) is 3.64. The molecule has 3 heteroatoms. The molecule has 0 saturated heterocycles. The SMILES string of the molecule is CCCC(CC)Nc1ncco1. The molecule has 1 aromatic rings. The molecule has 0 aliphatic heterocycles. The van der Waals surface area contributed by atoms with Crippen molar-refractivity contribution in [3.8, 4) is 0 Å². The van der Waals surface area contributed by atoms with Crippen LogP contribution in [0.2, 0.25) is 0 Å². The summed E-state index contributed by atoms with van der Waals surface area (Å²) < 4.78 is 5.09. The van der Waals surface area contributed by atoms with Crippen LogP contribution in [0.15, 0.2) is 16.9 Å². The van der Waals surface area contributed by atoms with Gasteiger partial charge in [0.15, 0.2) is 0 Å². The predicted molar refractivity (Wildman–Crippen MR) is 49.1 cm³/mol. The minimum atomic E-state index is 0.494. The molecule has 1 aromatic heterocycles. The highest BCUT2D eigenvalue weighted by atomic mass is 16.4. The Balaban J connectivity index is 2.37. The third-order valence-corrected chi connectivity index (χ3v) is 1.89. The lowest BCUT2D eigenvalue weighted by atomic mass is 10.1. The van der Waals surface area contributed by atoms with E-state index in [1.807, 2.05) is 0 Å². The fourth-order valence-electron chi connectivity index (χ4n) is 1.20. The minimum Gasteiger partial charge on any atom is -0.432 e. The van der Waals surface area contributed by atoms with Crippen LogP contribution < -0.4 is 5.32 Å². The largest absolute Gasteiger partial charge is 0.432 e. The van der Waals surface area contributed by atoms with E-state index in [0.717, 1.165) is 6.42 Å². The molecule has 0 radical (unpaired) electrons. The van der Waals surface area contributed by atoms with Crippen molar-refractivity contribution in [2.45, 2.75) is 39.2 Å². The normalized spacial score (nSPS) is 12.8. The van der Waals surface area contributed by atoms with Crippen LogP contribution in [-0.4, -0.2) is 11.0 Å². The summed E-state index contributed by atoms with van der Waals surface area (Å²) in [6.45, 7) is 4.34. The zero-order chi connectivity index (χ0) is 8.81. The lowest BCUT2D eigenvalue weighted by Crippen LogP contribution is -2.17. The van der Waals surface area contributed by atoms with Gasteiger partial charge < -0.3 is 9.73 Å². The van der Waals surface area contributed by atoms with Gasteiger partial charge in [-0.3, -0.25) is 0 Å². The summed E-state index contributed by atoms with van der Waals surface area (Å²) in [5, 5.41) is 3.23. The molecular weight excluding hydrogens is 152 g/mol. The summed E-state index contributed by atoms with van der Waals surface area (Å²) in [5.74, 6) is 0. The Morgan fingerprint density at radius 3 is 2.92 bits per heavy atom. The van der Waals surface area contributed by atoms with Crippen LogP contribution in [0.4, 0.5) is 6.01 Å². The van der Waals surface area contributed by atoms with Gasteiger partial charge in [0.2, 0.25) is 0 Å². The lowest BCUT2D eigenvalue weighted by molar-refractivity contribution is 0.538. The van der Waals surface area contributed by atoms with Gasteiger partial charge in [0, 0.05) is 6.04 Å². The first-order chi connectivity index (χ1) is 5.86. The van der Waals surface area contributed by atoms with E-state index >= 15 is 0 Å². The topological polar surface area (TPSA) is 38.1 Å². The Morgan fingerprint density at radius 2 is 2.42 bits per heavy atom. The second-order valence-corrected chi connectivity index (χ2v) is 2.88. The molecule has 3 nitrogen and oxygen atoms in total. The minimum absolute atomic E-state index is 0.494. The highest BCUT2D eigenvalue weighted by molar-refractivity contribution is 5.19. The Hall–Kier alpha value is -0.990. The van der Waals surface area contributed by atoms with Gasteiger partial charge in [-0.25, -0.2) is 4.98 Å². The first-order valence-electron chi connectivity index (χ1n) is 4.52. The Morgan fingerprint density at radius 1 is 1.58 bits per heavy atom. The number of aromatic nitrogens is 1. The first kappa shape index (κ1) is 9.10. The van der Waals surface area contributed by atoms with Gasteiger partial charge in [-0.1, -0.05) is 20.3 Å². The van der Waals surface area contributed by atoms with E-state index in [1.165, 1.54) is 12.8 Å². The van der Waals surface area contributed by atoms with Crippen molar-refractivity contribution in [2.75, 3.05) is 5.32 Å². The number of hydrogen-bond acceptors (Lipinski definition) is 3. The summed E-state index contributed by atoms with van der Waals surface area (Å²) in [6.07, 6.45) is 6.70. The van der Waals surface area contributed by atoms with Crippen LogP contribution in [0, 0.1) is 0 Å². The fourth-order valence-corrected chi connectivity index (χ4v) is 1.20. The highest BCUT2D eigenvalue weighted by Gasteiger charge is 2.06. The molecule has 0 aliphatic rings. The molecule has 68 valence electrons. The number of nitrogens with one attached hydrogen (secondary N) is 1. The molecule has 0 aliphatic carbocycles. The molecule has 0 spiro atoms. The molecule has 0 fully saturated rings. The molecular formula is C9H16N2O. The number of nitrogens with zero attached hydrogens (tertiary/aromatic N) is 1. The van der Waals surface area contributed by atoms with E-state index in [1.54, 1.807) is 12.5 Å². The van der Waals surface area contributed by atoms with Gasteiger partial charge in [0.25, 0.3) is 6.01 Å². The van der Waals surface area contributed by atoms with E-state index in [4.69, 9.17) is 4.42 Å². The first-order valence-corrected chi connectivity index (χ1v) is 4.52.